The maximum absolute atomic E-state index is 5.94. The van der Waals surface area contributed by atoms with E-state index in [1.165, 1.54) is 25.7 Å². The molecule has 0 aromatic heterocycles. The van der Waals surface area contributed by atoms with Crippen molar-refractivity contribution in [2.24, 2.45) is 17.3 Å². The van der Waals surface area contributed by atoms with Gasteiger partial charge in [-0.15, -0.1) is 0 Å². The molecule has 1 heterocycles. The van der Waals surface area contributed by atoms with Crippen molar-refractivity contribution in [1.29, 1.82) is 0 Å². The molecule has 92 valence electrons. The minimum absolute atomic E-state index is 0.353. The minimum Gasteiger partial charge on any atom is -0.377 e. The molecule has 0 radical (unpaired) electrons. The number of rotatable bonds is 3. The van der Waals surface area contributed by atoms with Crippen LogP contribution in [-0.2, 0) is 4.74 Å². The Labute approximate surface area is 99.1 Å². The molecule has 2 heteroatoms. The number of hydrogen-bond acceptors (Lipinski definition) is 2. The third-order valence-corrected chi connectivity index (χ3v) is 5.17. The van der Waals surface area contributed by atoms with Gasteiger partial charge in [-0.05, 0) is 25.2 Å². The first-order chi connectivity index (χ1) is 7.64. The Kier molecular flexibility index (Phi) is 2.56. The molecule has 0 aromatic carbocycles. The van der Waals surface area contributed by atoms with Crippen LogP contribution in [0.25, 0.3) is 0 Å². The van der Waals surface area contributed by atoms with Crippen LogP contribution in [0.15, 0.2) is 0 Å². The van der Waals surface area contributed by atoms with Gasteiger partial charge in [-0.1, -0.05) is 27.2 Å². The van der Waals surface area contributed by atoms with E-state index >= 15 is 0 Å². The molecular formula is C14H25NO. The van der Waals surface area contributed by atoms with E-state index in [9.17, 15) is 0 Å². The Morgan fingerprint density at radius 2 is 2.19 bits per heavy atom. The summed E-state index contributed by atoms with van der Waals surface area (Å²) in [6.45, 7) is 8.05. The molecule has 0 spiro atoms. The topological polar surface area (TPSA) is 21.3 Å². The average Bonchev–Trinajstić information content (AvgIpc) is 3.04. The fourth-order valence-corrected chi connectivity index (χ4v) is 3.99. The summed E-state index contributed by atoms with van der Waals surface area (Å²) in [5, 5.41) is 3.90. The minimum atomic E-state index is 0.353. The van der Waals surface area contributed by atoms with Crippen molar-refractivity contribution in [3.8, 4) is 0 Å². The van der Waals surface area contributed by atoms with Gasteiger partial charge in [-0.25, -0.2) is 0 Å². The Hall–Kier alpha value is -0.0800. The zero-order valence-electron chi connectivity index (χ0n) is 10.8. The lowest BCUT2D eigenvalue weighted by molar-refractivity contribution is -0.193. The van der Waals surface area contributed by atoms with Gasteiger partial charge >= 0.3 is 0 Å². The van der Waals surface area contributed by atoms with Crippen LogP contribution in [0.1, 0.15) is 46.5 Å². The van der Waals surface area contributed by atoms with Crippen molar-refractivity contribution in [1.82, 2.24) is 5.32 Å². The van der Waals surface area contributed by atoms with Crippen molar-refractivity contribution in [3.05, 3.63) is 0 Å². The predicted molar refractivity (Wildman–Crippen MR) is 65.4 cm³/mol. The molecule has 3 fully saturated rings. The predicted octanol–water partition coefficient (Wildman–Crippen LogP) is 2.58. The van der Waals surface area contributed by atoms with Crippen molar-refractivity contribution >= 4 is 0 Å². The smallest absolute Gasteiger partial charge is 0.0684 e. The molecule has 0 aromatic rings. The molecule has 1 saturated heterocycles. The van der Waals surface area contributed by atoms with Gasteiger partial charge in [0.25, 0.3) is 0 Å². The first-order valence-electron chi connectivity index (χ1n) is 7.02. The molecule has 16 heavy (non-hydrogen) atoms. The van der Waals surface area contributed by atoms with Crippen LogP contribution in [-0.4, -0.2) is 24.8 Å². The van der Waals surface area contributed by atoms with Crippen LogP contribution in [0.3, 0.4) is 0 Å². The van der Waals surface area contributed by atoms with E-state index in [0.29, 0.717) is 17.6 Å². The van der Waals surface area contributed by atoms with Gasteiger partial charge in [0.2, 0.25) is 0 Å². The Balaban J connectivity index is 1.62. The summed E-state index contributed by atoms with van der Waals surface area (Å²) >= 11 is 0. The maximum atomic E-state index is 5.94. The Bertz CT molecular complexity index is 276. The summed E-state index contributed by atoms with van der Waals surface area (Å²) in [7, 11) is 0. The third-order valence-electron chi connectivity index (χ3n) is 5.17. The first-order valence-corrected chi connectivity index (χ1v) is 7.02. The summed E-state index contributed by atoms with van der Waals surface area (Å²) < 4.78 is 5.94. The quantitative estimate of drug-likeness (QED) is 0.794. The molecule has 2 aliphatic carbocycles. The van der Waals surface area contributed by atoms with Gasteiger partial charge < -0.3 is 10.1 Å². The summed E-state index contributed by atoms with van der Waals surface area (Å²) in [4.78, 5) is 0. The van der Waals surface area contributed by atoms with E-state index < -0.39 is 0 Å². The third kappa shape index (κ3) is 1.53. The zero-order chi connectivity index (χ0) is 11.3. The molecule has 3 aliphatic rings. The maximum Gasteiger partial charge on any atom is 0.0684 e. The molecule has 2 nitrogen and oxygen atoms in total. The molecule has 0 bridgehead atoms. The van der Waals surface area contributed by atoms with E-state index in [4.69, 9.17) is 4.74 Å². The molecular weight excluding hydrogens is 198 g/mol. The molecule has 1 N–H and O–H groups in total. The van der Waals surface area contributed by atoms with Crippen molar-refractivity contribution in [2.75, 3.05) is 6.61 Å². The first kappa shape index (κ1) is 11.0. The Morgan fingerprint density at radius 3 is 2.88 bits per heavy atom. The van der Waals surface area contributed by atoms with E-state index in [1.807, 2.05) is 0 Å². The zero-order valence-corrected chi connectivity index (χ0v) is 10.8. The molecule has 3 rings (SSSR count). The number of fused-ring (bicyclic) bond motifs is 1. The van der Waals surface area contributed by atoms with Crippen LogP contribution in [0.5, 0.6) is 0 Å². The van der Waals surface area contributed by atoms with Crippen LogP contribution < -0.4 is 5.32 Å². The second kappa shape index (κ2) is 3.71. The molecule has 2 saturated carbocycles. The van der Waals surface area contributed by atoms with E-state index in [0.717, 1.165) is 24.5 Å². The lowest BCUT2D eigenvalue weighted by Crippen LogP contribution is -2.69. The van der Waals surface area contributed by atoms with E-state index in [1.54, 1.807) is 0 Å². The number of hydrogen-bond donors (Lipinski definition) is 1. The highest BCUT2D eigenvalue weighted by molar-refractivity contribution is 5.12. The Morgan fingerprint density at radius 1 is 1.38 bits per heavy atom. The van der Waals surface area contributed by atoms with Gasteiger partial charge in [0.15, 0.2) is 0 Å². The van der Waals surface area contributed by atoms with E-state index in [-0.39, 0.29) is 0 Å². The van der Waals surface area contributed by atoms with Gasteiger partial charge in [0.1, 0.15) is 0 Å². The summed E-state index contributed by atoms with van der Waals surface area (Å²) in [6.07, 6.45) is 5.90. The van der Waals surface area contributed by atoms with Crippen molar-refractivity contribution in [2.45, 2.75) is 64.6 Å². The molecule has 0 amide bonds. The SMILES string of the molecule is CCC1CC1NC1C2CCCOC2C1(C)C. The highest BCUT2D eigenvalue weighted by Crippen LogP contribution is 2.52. The highest BCUT2D eigenvalue weighted by atomic mass is 16.5. The highest BCUT2D eigenvalue weighted by Gasteiger charge is 2.59. The molecule has 5 atom stereocenters. The summed E-state index contributed by atoms with van der Waals surface area (Å²) in [6, 6.07) is 1.52. The van der Waals surface area contributed by atoms with Crippen LogP contribution in [0, 0.1) is 17.3 Å². The second-order valence-corrected chi connectivity index (χ2v) is 6.57. The number of ether oxygens (including phenoxy) is 1. The number of nitrogens with one attached hydrogen (secondary N) is 1. The lowest BCUT2D eigenvalue weighted by atomic mass is 9.55. The normalized spacial score (nSPS) is 49.3. The summed E-state index contributed by atoms with van der Waals surface area (Å²) in [5.41, 5.74) is 0.353. The largest absolute Gasteiger partial charge is 0.377 e. The average molecular weight is 223 g/mol. The fraction of sp³-hybridized carbons (Fsp3) is 1.00. The van der Waals surface area contributed by atoms with E-state index in [2.05, 4.69) is 26.1 Å². The van der Waals surface area contributed by atoms with Crippen LogP contribution in [0.2, 0.25) is 0 Å². The van der Waals surface area contributed by atoms with Gasteiger partial charge in [0.05, 0.1) is 6.10 Å². The summed E-state index contributed by atoms with van der Waals surface area (Å²) in [5.74, 6) is 1.75. The van der Waals surface area contributed by atoms with Gasteiger partial charge in [-0.3, -0.25) is 0 Å². The fourth-order valence-electron chi connectivity index (χ4n) is 3.99. The standard InChI is InChI=1S/C14H25NO/c1-4-9-8-11(9)15-12-10-6-5-7-16-13(10)14(12,2)3/h9-13,15H,4-8H2,1-3H3. The van der Waals surface area contributed by atoms with Crippen LogP contribution in [0.4, 0.5) is 0 Å². The van der Waals surface area contributed by atoms with Crippen LogP contribution >= 0.6 is 0 Å². The lowest BCUT2D eigenvalue weighted by Gasteiger charge is -2.60. The molecule has 5 unspecified atom stereocenters. The monoisotopic (exact) mass is 223 g/mol. The second-order valence-electron chi connectivity index (χ2n) is 6.57. The molecule has 1 aliphatic heterocycles. The van der Waals surface area contributed by atoms with Gasteiger partial charge in [0, 0.05) is 30.0 Å². The van der Waals surface area contributed by atoms with Crippen molar-refractivity contribution in [3.63, 3.8) is 0 Å². The van der Waals surface area contributed by atoms with Gasteiger partial charge in [-0.2, -0.15) is 0 Å². The van der Waals surface area contributed by atoms with Crippen molar-refractivity contribution < 1.29 is 4.74 Å².